The first-order valence-corrected chi connectivity index (χ1v) is 7.30. The van der Waals surface area contributed by atoms with E-state index in [1.807, 2.05) is 14.0 Å². The normalized spacial score (nSPS) is 18.7. The number of aromatic nitrogens is 2. The van der Waals surface area contributed by atoms with E-state index in [4.69, 9.17) is 4.74 Å². The number of carbonyl (C=O) groups excluding carboxylic acids is 1. The zero-order chi connectivity index (χ0) is 14.5. The van der Waals surface area contributed by atoms with Gasteiger partial charge in [0.1, 0.15) is 5.56 Å². The molecule has 1 aromatic rings. The van der Waals surface area contributed by atoms with Crippen LogP contribution in [0.2, 0.25) is 0 Å². The summed E-state index contributed by atoms with van der Waals surface area (Å²) in [7, 11) is 1.87. The van der Waals surface area contributed by atoms with Crippen molar-refractivity contribution in [3.05, 3.63) is 17.5 Å². The first-order chi connectivity index (χ1) is 9.67. The molecule has 1 N–H and O–H groups in total. The largest absolute Gasteiger partial charge is 0.462 e. The fourth-order valence-corrected chi connectivity index (χ4v) is 2.67. The molecule has 0 radical (unpaired) electrons. The predicted octanol–water partition coefficient (Wildman–Crippen LogP) is 0.781. The molecule has 2 heterocycles. The van der Waals surface area contributed by atoms with Crippen LogP contribution in [-0.4, -0.2) is 52.9 Å². The Morgan fingerprint density at radius 2 is 2.40 bits per heavy atom. The SMILES string of the molecule is CCOC(=O)c1cnn(C)c1CN(CC)C1CCNC1. The van der Waals surface area contributed by atoms with E-state index >= 15 is 0 Å². The van der Waals surface area contributed by atoms with Crippen molar-refractivity contribution >= 4 is 5.97 Å². The Balaban J connectivity index is 2.14. The summed E-state index contributed by atoms with van der Waals surface area (Å²) in [6.07, 6.45) is 2.76. The van der Waals surface area contributed by atoms with Crippen LogP contribution in [0.3, 0.4) is 0 Å². The van der Waals surface area contributed by atoms with Gasteiger partial charge in [0, 0.05) is 26.2 Å². The average molecular weight is 280 g/mol. The highest BCUT2D eigenvalue weighted by Crippen LogP contribution is 2.16. The van der Waals surface area contributed by atoms with E-state index < -0.39 is 0 Å². The Bertz CT molecular complexity index is 452. The summed E-state index contributed by atoms with van der Waals surface area (Å²) in [5.74, 6) is -0.281. The number of nitrogens with one attached hydrogen (secondary N) is 1. The minimum absolute atomic E-state index is 0.281. The molecule has 112 valence electrons. The van der Waals surface area contributed by atoms with Crippen LogP contribution < -0.4 is 5.32 Å². The second-order valence-corrected chi connectivity index (χ2v) is 5.06. The standard InChI is InChI=1S/C14H24N4O2/c1-4-18(11-6-7-15-8-11)10-13-12(9-16-17(13)3)14(19)20-5-2/h9,11,15H,4-8,10H2,1-3H3. The van der Waals surface area contributed by atoms with Gasteiger partial charge in [-0.05, 0) is 26.4 Å². The van der Waals surface area contributed by atoms with E-state index in [-0.39, 0.29) is 5.97 Å². The number of aryl methyl sites for hydroxylation is 1. The van der Waals surface area contributed by atoms with E-state index in [2.05, 4.69) is 22.2 Å². The molecular formula is C14H24N4O2. The number of rotatable bonds is 6. The minimum Gasteiger partial charge on any atom is -0.462 e. The van der Waals surface area contributed by atoms with Crippen molar-refractivity contribution in [3.63, 3.8) is 0 Å². The third kappa shape index (κ3) is 3.19. The topological polar surface area (TPSA) is 59.4 Å². The molecule has 1 unspecified atom stereocenters. The van der Waals surface area contributed by atoms with Crippen LogP contribution in [0.25, 0.3) is 0 Å². The van der Waals surface area contributed by atoms with E-state index in [0.29, 0.717) is 18.2 Å². The van der Waals surface area contributed by atoms with Crippen molar-refractivity contribution in [1.82, 2.24) is 20.0 Å². The number of esters is 1. The highest BCUT2D eigenvalue weighted by Gasteiger charge is 2.25. The molecule has 6 heteroatoms. The van der Waals surface area contributed by atoms with Crippen molar-refractivity contribution in [2.75, 3.05) is 26.2 Å². The molecule has 20 heavy (non-hydrogen) atoms. The lowest BCUT2D eigenvalue weighted by Gasteiger charge is -2.27. The molecule has 1 aliphatic heterocycles. The Hall–Kier alpha value is -1.40. The average Bonchev–Trinajstić information content (AvgIpc) is 3.06. The number of hydrogen-bond acceptors (Lipinski definition) is 5. The number of carbonyl (C=O) groups is 1. The van der Waals surface area contributed by atoms with Gasteiger partial charge < -0.3 is 10.1 Å². The Kier molecular flexibility index (Phi) is 5.14. The molecule has 2 rings (SSSR count). The number of nitrogens with zero attached hydrogens (tertiary/aromatic N) is 3. The van der Waals surface area contributed by atoms with E-state index in [9.17, 15) is 4.79 Å². The summed E-state index contributed by atoms with van der Waals surface area (Å²) in [5, 5.41) is 7.59. The molecule has 6 nitrogen and oxygen atoms in total. The quantitative estimate of drug-likeness (QED) is 0.780. The Labute approximate surface area is 120 Å². The van der Waals surface area contributed by atoms with Crippen molar-refractivity contribution in [2.24, 2.45) is 7.05 Å². The molecule has 0 amide bonds. The van der Waals surface area contributed by atoms with Crippen LogP contribution >= 0.6 is 0 Å². The lowest BCUT2D eigenvalue weighted by atomic mass is 10.1. The van der Waals surface area contributed by atoms with Gasteiger partial charge in [0.05, 0.1) is 18.5 Å². The van der Waals surface area contributed by atoms with Crippen molar-refractivity contribution in [3.8, 4) is 0 Å². The third-order valence-corrected chi connectivity index (χ3v) is 3.87. The van der Waals surface area contributed by atoms with Crippen molar-refractivity contribution in [2.45, 2.75) is 32.9 Å². The van der Waals surface area contributed by atoms with Crippen LogP contribution in [0.15, 0.2) is 6.20 Å². The van der Waals surface area contributed by atoms with Crippen LogP contribution in [0.5, 0.6) is 0 Å². The molecule has 0 saturated carbocycles. The van der Waals surface area contributed by atoms with Gasteiger partial charge in [0.15, 0.2) is 0 Å². The lowest BCUT2D eigenvalue weighted by Crippen LogP contribution is -2.37. The van der Waals surface area contributed by atoms with Gasteiger partial charge in [0.2, 0.25) is 0 Å². The molecule has 0 spiro atoms. The van der Waals surface area contributed by atoms with Gasteiger partial charge in [-0.2, -0.15) is 5.10 Å². The van der Waals surface area contributed by atoms with Crippen molar-refractivity contribution < 1.29 is 9.53 Å². The molecule has 1 fully saturated rings. The predicted molar refractivity (Wildman–Crippen MR) is 76.5 cm³/mol. The van der Waals surface area contributed by atoms with Crippen molar-refractivity contribution in [1.29, 1.82) is 0 Å². The number of ether oxygens (including phenoxy) is 1. The van der Waals surface area contributed by atoms with Gasteiger partial charge in [0.25, 0.3) is 0 Å². The lowest BCUT2D eigenvalue weighted by molar-refractivity contribution is 0.0523. The smallest absolute Gasteiger partial charge is 0.341 e. The summed E-state index contributed by atoms with van der Waals surface area (Å²) in [6, 6.07) is 0.532. The van der Waals surface area contributed by atoms with Crippen LogP contribution in [0.4, 0.5) is 0 Å². The summed E-state index contributed by atoms with van der Waals surface area (Å²) < 4.78 is 6.87. The van der Waals surface area contributed by atoms with Gasteiger partial charge in [-0.3, -0.25) is 9.58 Å². The summed E-state index contributed by atoms with van der Waals surface area (Å²) in [5.41, 5.74) is 1.51. The van der Waals surface area contributed by atoms with E-state index in [1.165, 1.54) is 0 Å². The van der Waals surface area contributed by atoms with Crippen LogP contribution in [0, 0.1) is 0 Å². The third-order valence-electron chi connectivity index (χ3n) is 3.87. The number of likely N-dealkylation sites (N-methyl/N-ethyl adjacent to an activating group) is 1. The Morgan fingerprint density at radius 3 is 3.00 bits per heavy atom. The summed E-state index contributed by atoms with van der Waals surface area (Å²) in [6.45, 7) is 8.12. The maximum atomic E-state index is 12.0. The van der Waals surface area contributed by atoms with Gasteiger partial charge in [-0.15, -0.1) is 0 Å². The fourth-order valence-electron chi connectivity index (χ4n) is 2.67. The maximum Gasteiger partial charge on any atom is 0.341 e. The van der Waals surface area contributed by atoms with E-state index in [0.717, 1.165) is 38.3 Å². The zero-order valence-electron chi connectivity index (χ0n) is 12.6. The van der Waals surface area contributed by atoms with Crippen LogP contribution in [-0.2, 0) is 18.3 Å². The molecule has 1 aliphatic rings. The summed E-state index contributed by atoms with van der Waals surface area (Å²) in [4.78, 5) is 14.4. The minimum atomic E-state index is -0.281. The maximum absolute atomic E-state index is 12.0. The Morgan fingerprint density at radius 1 is 1.60 bits per heavy atom. The molecule has 1 atom stereocenters. The van der Waals surface area contributed by atoms with Gasteiger partial charge in [-0.1, -0.05) is 6.92 Å². The zero-order valence-corrected chi connectivity index (χ0v) is 12.6. The molecule has 0 aliphatic carbocycles. The summed E-state index contributed by atoms with van der Waals surface area (Å²) >= 11 is 0. The monoisotopic (exact) mass is 280 g/mol. The first-order valence-electron chi connectivity index (χ1n) is 7.30. The van der Waals surface area contributed by atoms with Gasteiger partial charge >= 0.3 is 5.97 Å². The molecule has 0 bridgehead atoms. The highest BCUT2D eigenvalue weighted by atomic mass is 16.5. The van der Waals surface area contributed by atoms with Gasteiger partial charge in [-0.25, -0.2) is 4.79 Å². The number of hydrogen-bond donors (Lipinski definition) is 1. The molecule has 1 aromatic heterocycles. The van der Waals surface area contributed by atoms with Crippen LogP contribution in [0.1, 0.15) is 36.3 Å². The highest BCUT2D eigenvalue weighted by molar-refractivity contribution is 5.90. The first kappa shape index (κ1) is 15.0. The molecule has 1 saturated heterocycles. The molecule has 0 aromatic carbocycles. The fraction of sp³-hybridized carbons (Fsp3) is 0.714. The second kappa shape index (κ2) is 6.85. The molecular weight excluding hydrogens is 256 g/mol. The second-order valence-electron chi connectivity index (χ2n) is 5.06. The van der Waals surface area contributed by atoms with E-state index in [1.54, 1.807) is 10.9 Å².